The summed E-state index contributed by atoms with van der Waals surface area (Å²) in [6.45, 7) is -0.212. The number of hydrogen-bond acceptors (Lipinski definition) is 5. The number of nitrogens with one attached hydrogen (secondary N) is 1. The minimum absolute atomic E-state index is 0.0359. The molecule has 106 valence electrons. The fourth-order valence-electron chi connectivity index (χ4n) is 2.28. The van der Waals surface area contributed by atoms with Crippen LogP contribution in [-0.4, -0.2) is 37.8 Å². The van der Waals surface area contributed by atoms with Crippen LogP contribution in [0, 0.1) is 0 Å². The zero-order valence-corrected chi connectivity index (χ0v) is 10.3. The Morgan fingerprint density at radius 1 is 1.53 bits per heavy atom. The van der Waals surface area contributed by atoms with Crippen molar-refractivity contribution in [3.05, 3.63) is 23.0 Å². The van der Waals surface area contributed by atoms with Gasteiger partial charge in [0.1, 0.15) is 5.84 Å². The summed E-state index contributed by atoms with van der Waals surface area (Å²) in [6.07, 6.45) is -2.88. The lowest BCUT2D eigenvalue weighted by Gasteiger charge is -2.34. The van der Waals surface area contributed by atoms with E-state index in [1.807, 2.05) is 0 Å². The van der Waals surface area contributed by atoms with Gasteiger partial charge in [-0.3, -0.25) is 4.99 Å². The summed E-state index contributed by atoms with van der Waals surface area (Å²) in [5.74, 6) is 0.301. The van der Waals surface area contributed by atoms with E-state index < -0.39 is 23.8 Å². The number of nitrogens with two attached hydrogens (primary N) is 2. The lowest BCUT2D eigenvalue weighted by atomic mass is 9.82. The molecule has 0 amide bonds. The molecule has 0 aromatic heterocycles. The molecule has 0 radical (unpaired) electrons. The fraction of sp³-hybridized carbons (Fsp3) is 0.545. The average molecular weight is 276 g/mol. The molecule has 0 bridgehead atoms. The SMILES string of the molecule is COCCC1(N)C=C(N)NC2=NCC(C(F)(F)F)=C21. The molecule has 0 saturated heterocycles. The molecule has 8 heteroatoms. The molecule has 5 nitrogen and oxygen atoms in total. The number of rotatable bonds is 3. The monoisotopic (exact) mass is 276 g/mol. The molecular weight excluding hydrogens is 261 g/mol. The molecule has 0 spiro atoms. The number of nitrogens with zero attached hydrogens (tertiary/aromatic N) is 1. The van der Waals surface area contributed by atoms with Crippen LogP contribution in [0.1, 0.15) is 6.42 Å². The van der Waals surface area contributed by atoms with E-state index in [1.54, 1.807) is 0 Å². The first-order valence-corrected chi connectivity index (χ1v) is 5.67. The third-order valence-electron chi connectivity index (χ3n) is 3.14. The van der Waals surface area contributed by atoms with Gasteiger partial charge in [-0.1, -0.05) is 0 Å². The maximum Gasteiger partial charge on any atom is 0.414 e. The Morgan fingerprint density at radius 3 is 2.79 bits per heavy atom. The lowest BCUT2D eigenvalue weighted by Crippen LogP contribution is -2.52. The molecule has 5 N–H and O–H groups in total. The second-order valence-electron chi connectivity index (χ2n) is 4.52. The van der Waals surface area contributed by atoms with E-state index in [1.165, 1.54) is 13.2 Å². The summed E-state index contributed by atoms with van der Waals surface area (Å²) in [4.78, 5) is 3.83. The molecule has 0 aromatic carbocycles. The van der Waals surface area contributed by atoms with Crippen molar-refractivity contribution in [3.63, 3.8) is 0 Å². The standard InChI is InChI=1S/C11H15F3N4O/c1-19-3-2-10(16)4-7(15)18-9-8(10)6(5-17-9)11(12,13)14/h4H,2-3,5,15-16H2,1H3,(H,17,18). The number of methoxy groups -OCH3 is 1. The molecule has 0 saturated carbocycles. The molecule has 19 heavy (non-hydrogen) atoms. The predicted octanol–water partition coefficient (Wildman–Crippen LogP) is 0.395. The molecule has 2 aliphatic heterocycles. The Kier molecular flexibility index (Phi) is 3.31. The van der Waals surface area contributed by atoms with Crippen molar-refractivity contribution in [2.24, 2.45) is 16.5 Å². The van der Waals surface area contributed by atoms with Crippen molar-refractivity contribution in [2.45, 2.75) is 18.1 Å². The van der Waals surface area contributed by atoms with Crippen molar-refractivity contribution >= 4 is 5.84 Å². The topological polar surface area (TPSA) is 85.7 Å². The van der Waals surface area contributed by atoms with E-state index in [-0.39, 0.29) is 30.3 Å². The average Bonchev–Trinajstić information content (AvgIpc) is 2.70. The minimum Gasteiger partial charge on any atom is -0.385 e. The van der Waals surface area contributed by atoms with Crippen LogP contribution in [0.25, 0.3) is 0 Å². The van der Waals surface area contributed by atoms with Gasteiger partial charge in [0.05, 0.1) is 23.5 Å². The Balaban J connectivity index is 2.49. The van der Waals surface area contributed by atoms with E-state index in [0.29, 0.717) is 0 Å². The van der Waals surface area contributed by atoms with Gasteiger partial charge in [0, 0.05) is 19.3 Å². The van der Waals surface area contributed by atoms with Crippen molar-refractivity contribution in [2.75, 3.05) is 20.3 Å². The van der Waals surface area contributed by atoms with Crippen LogP contribution in [0.15, 0.2) is 28.0 Å². The van der Waals surface area contributed by atoms with Crippen LogP contribution in [0.4, 0.5) is 13.2 Å². The Labute approximate surface area is 108 Å². The summed E-state index contributed by atoms with van der Waals surface area (Å²) in [5.41, 5.74) is 9.66. The zero-order valence-electron chi connectivity index (χ0n) is 10.3. The molecule has 1 atom stereocenters. The highest BCUT2D eigenvalue weighted by Gasteiger charge is 2.47. The van der Waals surface area contributed by atoms with Gasteiger partial charge in [-0.2, -0.15) is 13.2 Å². The van der Waals surface area contributed by atoms with Gasteiger partial charge in [0.25, 0.3) is 0 Å². The van der Waals surface area contributed by atoms with E-state index >= 15 is 0 Å². The van der Waals surface area contributed by atoms with Gasteiger partial charge in [-0.15, -0.1) is 0 Å². The van der Waals surface area contributed by atoms with Gasteiger partial charge < -0.3 is 21.5 Å². The predicted molar refractivity (Wildman–Crippen MR) is 64.2 cm³/mol. The van der Waals surface area contributed by atoms with Crippen molar-refractivity contribution in [1.29, 1.82) is 0 Å². The fourth-order valence-corrected chi connectivity index (χ4v) is 2.28. The molecular formula is C11H15F3N4O. The summed E-state index contributed by atoms with van der Waals surface area (Å²) in [6, 6.07) is 0. The number of alkyl halides is 3. The molecule has 0 fully saturated rings. The second kappa shape index (κ2) is 4.53. The van der Waals surface area contributed by atoms with Crippen molar-refractivity contribution in [3.8, 4) is 0 Å². The van der Waals surface area contributed by atoms with Crippen molar-refractivity contribution < 1.29 is 17.9 Å². The normalized spacial score (nSPS) is 26.8. The number of hydrogen-bond donors (Lipinski definition) is 3. The maximum atomic E-state index is 13.0. The van der Waals surface area contributed by atoms with E-state index in [2.05, 4.69) is 10.3 Å². The number of ether oxygens (including phenoxy) is 1. The first-order chi connectivity index (χ1) is 8.78. The van der Waals surface area contributed by atoms with Crippen LogP contribution < -0.4 is 16.8 Å². The Morgan fingerprint density at radius 2 is 2.21 bits per heavy atom. The van der Waals surface area contributed by atoms with Gasteiger partial charge in [-0.05, 0) is 12.5 Å². The third kappa shape index (κ3) is 2.45. The highest BCUT2D eigenvalue weighted by Crippen LogP contribution is 2.38. The van der Waals surface area contributed by atoms with Gasteiger partial charge in [0.2, 0.25) is 0 Å². The number of fused-ring (bicyclic) bond motifs is 1. The van der Waals surface area contributed by atoms with Gasteiger partial charge in [-0.25, -0.2) is 0 Å². The molecule has 0 aromatic rings. The summed E-state index contributed by atoms with van der Waals surface area (Å²) in [7, 11) is 1.46. The smallest absolute Gasteiger partial charge is 0.385 e. The quantitative estimate of drug-likeness (QED) is 0.696. The summed E-state index contributed by atoms with van der Waals surface area (Å²) in [5, 5.41) is 2.62. The van der Waals surface area contributed by atoms with Crippen LogP contribution in [0.3, 0.4) is 0 Å². The maximum absolute atomic E-state index is 13.0. The third-order valence-corrected chi connectivity index (χ3v) is 3.14. The second-order valence-corrected chi connectivity index (χ2v) is 4.52. The molecule has 2 heterocycles. The first-order valence-electron chi connectivity index (χ1n) is 5.67. The van der Waals surface area contributed by atoms with E-state index in [0.717, 1.165) is 0 Å². The highest BCUT2D eigenvalue weighted by atomic mass is 19.4. The molecule has 2 rings (SSSR count). The molecule has 2 aliphatic rings. The van der Waals surface area contributed by atoms with E-state index in [9.17, 15) is 13.2 Å². The van der Waals surface area contributed by atoms with Crippen LogP contribution in [-0.2, 0) is 4.74 Å². The lowest BCUT2D eigenvalue weighted by molar-refractivity contribution is -0.0927. The van der Waals surface area contributed by atoms with Crippen molar-refractivity contribution in [1.82, 2.24) is 5.32 Å². The Bertz CT molecular complexity index is 481. The first kappa shape index (κ1) is 13.9. The largest absolute Gasteiger partial charge is 0.414 e. The van der Waals surface area contributed by atoms with Gasteiger partial charge >= 0.3 is 6.18 Å². The minimum atomic E-state index is -4.46. The number of amidine groups is 1. The van der Waals surface area contributed by atoms with Gasteiger partial charge in [0.15, 0.2) is 0 Å². The number of aliphatic imine (C=N–C) groups is 1. The zero-order chi connectivity index (χ0) is 14.3. The van der Waals surface area contributed by atoms with E-state index in [4.69, 9.17) is 16.2 Å². The summed E-state index contributed by atoms with van der Waals surface area (Å²) < 4.78 is 43.9. The van der Waals surface area contributed by atoms with Crippen LogP contribution in [0.5, 0.6) is 0 Å². The van der Waals surface area contributed by atoms with Crippen LogP contribution >= 0.6 is 0 Å². The Hall–Kier alpha value is -1.54. The summed E-state index contributed by atoms with van der Waals surface area (Å²) >= 11 is 0. The molecule has 0 aliphatic carbocycles. The van der Waals surface area contributed by atoms with Crippen LogP contribution in [0.2, 0.25) is 0 Å². The number of halogens is 3. The molecule has 1 unspecified atom stereocenters. The highest BCUT2D eigenvalue weighted by molar-refractivity contribution is 6.05.